The van der Waals surface area contributed by atoms with Gasteiger partial charge in [0, 0.05) is 5.56 Å². The van der Waals surface area contributed by atoms with Gasteiger partial charge in [-0.2, -0.15) is 0 Å². The van der Waals surface area contributed by atoms with E-state index < -0.39 is 11.7 Å². The summed E-state index contributed by atoms with van der Waals surface area (Å²) in [5, 5.41) is 0. The zero-order valence-corrected chi connectivity index (χ0v) is 9.20. The number of carbonyl (C=O) groups excluding carboxylic acids is 2. The highest BCUT2D eigenvalue weighted by Crippen LogP contribution is 2.18. The summed E-state index contributed by atoms with van der Waals surface area (Å²) in [6.45, 7) is 5.85. The lowest BCUT2D eigenvalue weighted by molar-refractivity contribution is -0.114. The standard InChI is InChI=1S/C12H15NO2/c1-7(2)9-5-4-8(3)10(6-9)11(14)12(13)15/h4-7H,1-3H3,(H2,13,15). The van der Waals surface area contributed by atoms with Crippen LogP contribution >= 0.6 is 0 Å². The quantitative estimate of drug-likeness (QED) is 0.604. The third kappa shape index (κ3) is 2.43. The van der Waals surface area contributed by atoms with Crippen molar-refractivity contribution in [2.45, 2.75) is 26.7 Å². The van der Waals surface area contributed by atoms with Crippen LogP contribution in [0, 0.1) is 6.92 Å². The Labute approximate surface area is 89.3 Å². The Bertz CT molecular complexity index is 408. The fourth-order valence-electron chi connectivity index (χ4n) is 1.38. The summed E-state index contributed by atoms with van der Waals surface area (Å²) in [6, 6.07) is 5.54. The maximum Gasteiger partial charge on any atom is 0.289 e. The van der Waals surface area contributed by atoms with E-state index >= 15 is 0 Å². The summed E-state index contributed by atoms with van der Waals surface area (Å²) >= 11 is 0. The van der Waals surface area contributed by atoms with Crippen molar-refractivity contribution >= 4 is 11.7 Å². The normalized spacial score (nSPS) is 10.4. The molecule has 2 N–H and O–H groups in total. The number of Topliss-reactive ketones (excluding diaryl/α,β-unsaturated/α-hetero) is 1. The van der Waals surface area contributed by atoms with Crippen LogP contribution in [0.3, 0.4) is 0 Å². The minimum absolute atomic E-state index is 0.324. The Kier molecular flexibility index (Phi) is 3.24. The van der Waals surface area contributed by atoms with Gasteiger partial charge in [-0.3, -0.25) is 9.59 Å². The minimum Gasteiger partial charge on any atom is -0.363 e. The lowest BCUT2D eigenvalue weighted by atomic mass is 9.96. The number of ketones is 1. The smallest absolute Gasteiger partial charge is 0.289 e. The van der Waals surface area contributed by atoms with E-state index in [-0.39, 0.29) is 0 Å². The summed E-state index contributed by atoms with van der Waals surface area (Å²) in [5.74, 6) is -1.20. The summed E-state index contributed by atoms with van der Waals surface area (Å²) in [7, 11) is 0. The van der Waals surface area contributed by atoms with Gasteiger partial charge in [-0.15, -0.1) is 0 Å². The number of nitrogens with two attached hydrogens (primary N) is 1. The van der Waals surface area contributed by atoms with Crippen molar-refractivity contribution in [3.63, 3.8) is 0 Å². The van der Waals surface area contributed by atoms with Gasteiger partial charge in [0.2, 0.25) is 5.78 Å². The van der Waals surface area contributed by atoms with Crippen LogP contribution in [0.25, 0.3) is 0 Å². The lowest BCUT2D eigenvalue weighted by Crippen LogP contribution is -2.24. The van der Waals surface area contributed by atoms with Crippen LogP contribution in [0.2, 0.25) is 0 Å². The Morgan fingerprint density at radius 1 is 1.27 bits per heavy atom. The molecule has 0 saturated carbocycles. The van der Waals surface area contributed by atoms with Gasteiger partial charge >= 0.3 is 0 Å². The SMILES string of the molecule is Cc1ccc(C(C)C)cc1C(=O)C(N)=O. The summed E-state index contributed by atoms with van der Waals surface area (Å²) in [5.41, 5.74) is 7.20. The predicted octanol–water partition coefficient (Wildman–Crippen LogP) is 1.79. The topological polar surface area (TPSA) is 60.2 Å². The molecule has 0 aliphatic carbocycles. The number of rotatable bonds is 3. The summed E-state index contributed by atoms with van der Waals surface area (Å²) < 4.78 is 0. The van der Waals surface area contributed by atoms with Gasteiger partial charge in [0.25, 0.3) is 5.91 Å². The lowest BCUT2D eigenvalue weighted by Gasteiger charge is -2.09. The molecule has 1 amide bonds. The number of hydrogen-bond acceptors (Lipinski definition) is 2. The predicted molar refractivity (Wildman–Crippen MR) is 58.8 cm³/mol. The third-order valence-corrected chi connectivity index (χ3v) is 2.40. The molecule has 0 radical (unpaired) electrons. The molecule has 3 nitrogen and oxygen atoms in total. The van der Waals surface area contributed by atoms with Gasteiger partial charge < -0.3 is 5.73 Å². The first-order valence-electron chi connectivity index (χ1n) is 4.88. The molecule has 0 unspecified atom stereocenters. The fourth-order valence-corrected chi connectivity index (χ4v) is 1.38. The first kappa shape index (κ1) is 11.4. The number of primary amides is 1. The van der Waals surface area contributed by atoms with Gasteiger partial charge in [0.1, 0.15) is 0 Å². The molecule has 0 bridgehead atoms. The van der Waals surface area contributed by atoms with Crippen LogP contribution in [0.15, 0.2) is 18.2 Å². The third-order valence-electron chi connectivity index (χ3n) is 2.40. The Hall–Kier alpha value is -1.64. The number of carbonyl (C=O) groups is 2. The molecule has 1 aromatic carbocycles. The summed E-state index contributed by atoms with van der Waals surface area (Å²) in [6.07, 6.45) is 0. The first-order chi connectivity index (χ1) is 6.93. The molecule has 15 heavy (non-hydrogen) atoms. The van der Waals surface area contributed by atoms with E-state index in [4.69, 9.17) is 5.73 Å². The van der Waals surface area contributed by atoms with E-state index in [2.05, 4.69) is 0 Å². The van der Waals surface area contributed by atoms with E-state index in [1.165, 1.54) is 0 Å². The molecule has 0 saturated heterocycles. The number of amides is 1. The van der Waals surface area contributed by atoms with Crippen molar-refractivity contribution in [1.29, 1.82) is 0 Å². The average molecular weight is 205 g/mol. The van der Waals surface area contributed by atoms with E-state index in [1.807, 2.05) is 26.0 Å². The molecule has 0 spiro atoms. The van der Waals surface area contributed by atoms with Crippen molar-refractivity contribution < 1.29 is 9.59 Å². The maximum absolute atomic E-state index is 11.5. The summed E-state index contributed by atoms with van der Waals surface area (Å²) in [4.78, 5) is 22.3. The van der Waals surface area contributed by atoms with Crippen molar-refractivity contribution in [2.75, 3.05) is 0 Å². The Morgan fingerprint density at radius 2 is 1.87 bits per heavy atom. The number of benzene rings is 1. The molecule has 0 aromatic heterocycles. The van der Waals surface area contributed by atoms with Crippen LogP contribution in [0.5, 0.6) is 0 Å². The fraction of sp³-hybridized carbons (Fsp3) is 0.333. The monoisotopic (exact) mass is 205 g/mol. The molecular weight excluding hydrogens is 190 g/mol. The van der Waals surface area contributed by atoms with Gasteiger partial charge in [-0.25, -0.2) is 0 Å². The number of aryl methyl sites for hydroxylation is 1. The zero-order valence-electron chi connectivity index (χ0n) is 9.20. The van der Waals surface area contributed by atoms with Crippen LogP contribution < -0.4 is 5.73 Å². The molecule has 1 aromatic rings. The van der Waals surface area contributed by atoms with Crippen molar-refractivity contribution in [3.8, 4) is 0 Å². The van der Waals surface area contributed by atoms with Crippen molar-refractivity contribution in [3.05, 3.63) is 34.9 Å². The molecule has 0 heterocycles. The van der Waals surface area contributed by atoms with Crippen molar-refractivity contribution in [1.82, 2.24) is 0 Å². The molecule has 0 aliphatic rings. The van der Waals surface area contributed by atoms with Gasteiger partial charge in [0.05, 0.1) is 0 Å². The minimum atomic E-state index is -0.904. The second-order valence-corrected chi connectivity index (χ2v) is 3.92. The molecule has 3 heteroatoms. The highest BCUT2D eigenvalue weighted by molar-refractivity contribution is 6.42. The molecule has 1 rings (SSSR count). The van der Waals surface area contributed by atoms with Crippen molar-refractivity contribution in [2.24, 2.45) is 5.73 Å². The van der Waals surface area contributed by atoms with E-state index in [0.29, 0.717) is 11.5 Å². The molecular formula is C12H15NO2. The zero-order chi connectivity index (χ0) is 11.6. The van der Waals surface area contributed by atoms with Crippen LogP contribution in [0.1, 0.15) is 41.3 Å². The first-order valence-corrected chi connectivity index (χ1v) is 4.88. The number of hydrogen-bond donors (Lipinski definition) is 1. The van der Waals surface area contributed by atoms with Crippen LogP contribution in [-0.4, -0.2) is 11.7 Å². The van der Waals surface area contributed by atoms with Crippen LogP contribution in [-0.2, 0) is 4.79 Å². The molecule has 80 valence electrons. The highest BCUT2D eigenvalue weighted by Gasteiger charge is 2.15. The van der Waals surface area contributed by atoms with E-state index in [9.17, 15) is 9.59 Å². The Balaban J connectivity index is 3.22. The molecule has 0 atom stereocenters. The van der Waals surface area contributed by atoms with E-state index in [0.717, 1.165) is 11.1 Å². The van der Waals surface area contributed by atoms with Gasteiger partial charge in [0.15, 0.2) is 0 Å². The second-order valence-electron chi connectivity index (χ2n) is 3.92. The maximum atomic E-state index is 11.5. The highest BCUT2D eigenvalue weighted by atomic mass is 16.2. The Morgan fingerprint density at radius 3 is 2.33 bits per heavy atom. The molecule has 0 aliphatic heterocycles. The second kappa shape index (κ2) is 4.26. The van der Waals surface area contributed by atoms with Gasteiger partial charge in [-0.05, 0) is 30.0 Å². The largest absolute Gasteiger partial charge is 0.363 e. The average Bonchev–Trinajstić information content (AvgIpc) is 2.16. The van der Waals surface area contributed by atoms with Crippen LogP contribution in [0.4, 0.5) is 0 Å². The van der Waals surface area contributed by atoms with Gasteiger partial charge in [-0.1, -0.05) is 26.0 Å². The van der Waals surface area contributed by atoms with E-state index in [1.54, 1.807) is 13.0 Å². The molecule has 0 fully saturated rings.